The molecule has 0 aromatic heterocycles. The highest BCUT2D eigenvalue weighted by Gasteiger charge is 2.30. The number of carbonyl (C=O) groups excluding carboxylic acids is 2. The number of likely N-dealkylation sites (N-methyl/N-ethyl adjacent to an activating group) is 1. The van der Waals surface area contributed by atoms with E-state index >= 15 is 0 Å². The van der Waals surface area contributed by atoms with Gasteiger partial charge in [0.05, 0.1) is 18.1 Å². The van der Waals surface area contributed by atoms with Crippen LogP contribution in [0.4, 0.5) is 0 Å². The summed E-state index contributed by atoms with van der Waals surface area (Å²) in [7, 11) is -2.11. The molecule has 11 heteroatoms. The molecule has 1 fully saturated rings. The van der Waals surface area contributed by atoms with Gasteiger partial charge in [-0.25, -0.2) is 8.42 Å². The maximum Gasteiger partial charge on any atom is 0.261 e. The molecular weight excluding hydrogens is 554 g/mol. The van der Waals surface area contributed by atoms with E-state index in [0.29, 0.717) is 43.5 Å². The molecule has 0 radical (unpaired) electrons. The van der Waals surface area contributed by atoms with Gasteiger partial charge < -0.3 is 19.7 Å². The third kappa shape index (κ3) is 7.60. The van der Waals surface area contributed by atoms with Crippen LogP contribution >= 0.6 is 11.6 Å². The molecule has 3 aromatic carbocycles. The lowest BCUT2D eigenvalue weighted by Gasteiger charge is -2.31. The second kappa shape index (κ2) is 13.8. The molecule has 1 aliphatic rings. The molecule has 40 heavy (non-hydrogen) atoms. The molecule has 212 valence electrons. The minimum Gasteiger partial charge on any atom is -0.484 e. The van der Waals surface area contributed by atoms with Crippen molar-refractivity contribution < 1.29 is 27.5 Å². The zero-order valence-electron chi connectivity index (χ0n) is 22.2. The van der Waals surface area contributed by atoms with Gasteiger partial charge in [-0.3, -0.25) is 9.59 Å². The zero-order chi connectivity index (χ0) is 28.5. The summed E-state index contributed by atoms with van der Waals surface area (Å²) in [5, 5.41) is 3.24. The summed E-state index contributed by atoms with van der Waals surface area (Å²) in [6.45, 7) is 1.14. The number of ether oxygens (including phenoxy) is 2. The number of morpholine rings is 1. The quantitative estimate of drug-likeness (QED) is 0.371. The van der Waals surface area contributed by atoms with Gasteiger partial charge in [-0.05, 0) is 47.5 Å². The molecule has 1 N–H and O–H groups in total. The Bertz CT molecular complexity index is 1380. The Morgan fingerprint density at radius 2 is 1.62 bits per heavy atom. The lowest BCUT2D eigenvalue weighted by atomic mass is 10.0. The van der Waals surface area contributed by atoms with Gasteiger partial charge >= 0.3 is 0 Å². The van der Waals surface area contributed by atoms with Gasteiger partial charge in [0.25, 0.3) is 5.91 Å². The molecule has 1 saturated heterocycles. The van der Waals surface area contributed by atoms with Gasteiger partial charge in [-0.15, -0.1) is 0 Å². The first-order chi connectivity index (χ1) is 19.3. The van der Waals surface area contributed by atoms with Crippen LogP contribution < -0.4 is 10.1 Å². The minimum absolute atomic E-state index is 0.139. The van der Waals surface area contributed by atoms with Crippen LogP contribution in [0.25, 0.3) is 0 Å². The predicted molar refractivity (Wildman–Crippen MR) is 152 cm³/mol. The first-order valence-electron chi connectivity index (χ1n) is 12.9. The van der Waals surface area contributed by atoms with Crippen molar-refractivity contribution in [3.63, 3.8) is 0 Å². The Balaban J connectivity index is 1.51. The summed E-state index contributed by atoms with van der Waals surface area (Å²) < 4.78 is 38.2. The van der Waals surface area contributed by atoms with Gasteiger partial charge in [-0.2, -0.15) is 4.31 Å². The summed E-state index contributed by atoms with van der Waals surface area (Å²) in [6.07, 6.45) is 0.313. The van der Waals surface area contributed by atoms with Crippen molar-refractivity contribution in [3.8, 4) is 5.75 Å². The van der Waals surface area contributed by atoms with E-state index in [1.165, 1.54) is 40.5 Å². The smallest absolute Gasteiger partial charge is 0.261 e. The van der Waals surface area contributed by atoms with Crippen molar-refractivity contribution in [2.75, 3.05) is 40.0 Å². The number of hydrogen-bond donors (Lipinski definition) is 1. The first-order valence-corrected chi connectivity index (χ1v) is 14.7. The van der Waals surface area contributed by atoms with Crippen molar-refractivity contribution in [3.05, 3.63) is 95.0 Å². The lowest BCUT2D eigenvalue weighted by Crippen LogP contribution is -2.51. The molecule has 0 spiro atoms. The maximum absolute atomic E-state index is 13.6. The Hall–Kier alpha value is -3.44. The van der Waals surface area contributed by atoms with Crippen LogP contribution in [0.1, 0.15) is 11.1 Å². The second-order valence-electron chi connectivity index (χ2n) is 9.24. The van der Waals surface area contributed by atoms with Crippen LogP contribution in [0.5, 0.6) is 5.75 Å². The number of hydrogen-bond acceptors (Lipinski definition) is 6. The van der Waals surface area contributed by atoms with E-state index in [9.17, 15) is 18.0 Å². The van der Waals surface area contributed by atoms with Crippen LogP contribution in [0.3, 0.4) is 0 Å². The average Bonchev–Trinajstić information content (AvgIpc) is 2.99. The summed E-state index contributed by atoms with van der Waals surface area (Å²) in [5.74, 6) is -0.367. The number of benzene rings is 3. The van der Waals surface area contributed by atoms with E-state index in [1.54, 1.807) is 24.3 Å². The molecule has 0 saturated carbocycles. The van der Waals surface area contributed by atoms with Crippen molar-refractivity contribution in [1.29, 1.82) is 0 Å². The topological polar surface area (TPSA) is 105 Å². The number of nitrogens with one attached hydrogen (secondary N) is 1. The molecule has 1 heterocycles. The fourth-order valence-corrected chi connectivity index (χ4v) is 5.91. The molecule has 9 nitrogen and oxygen atoms in total. The molecule has 0 unspecified atom stereocenters. The normalized spacial score (nSPS) is 14.8. The van der Waals surface area contributed by atoms with E-state index in [2.05, 4.69) is 5.32 Å². The summed E-state index contributed by atoms with van der Waals surface area (Å²) in [4.78, 5) is 28.2. The summed E-state index contributed by atoms with van der Waals surface area (Å²) in [5.41, 5.74) is 1.71. The third-order valence-corrected chi connectivity index (χ3v) is 8.74. The highest BCUT2D eigenvalue weighted by Crippen LogP contribution is 2.21. The van der Waals surface area contributed by atoms with Crippen LogP contribution in [0.15, 0.2) is 83.8 Å². The number of nitrogens with zero attached hydrogens (tertiary/aromatic N) is 2. The van der Waals surface area contributed by atoms with Crippen molar-refractivity contribution in [2.45, 2.75) is 23.9 Å². The standard InChI is InChI=1S/C29H32ClN3O6S/c1-31-29(35)27(19-22-5-3-2-4-6-22)33(20-23-7-9-24(30)10-8-23)28(34)21-39-25-11-13-26(14-12-25)40(36,37)32-15-17-38-18-16-32/h2-14,27H,15-21H2,1H3,(H,31,35)/t27-/m1/s1. The molecule has 1 aliphatic heterocycles. The Labute approximate surface area is 239 Å². The third-order valence-electron chi connectivity index (χ3n) is 6.58. The minimum atomic E-state index is -3.65. The summed E-state index contributed by atoms with van der Waals surface area (Å²) >= 11 is 6.04. The first kappa shape index (κ1) is 29.5. The van der Waals surface area contributed by atoms with E-state index in [4.69, 9.17) is 21.1 Å². The Morgan fingerprint density at radius 3 is 2.25 bits per heavy atom. The fourth-order valence-electron chi connectivity index (χ4n) is 4.38. The number of halogens is 1. The average molecular weight is 586 g/mol. The summed E-state index contributed by atoms with van der Waals surface area (Å²) in [6, 6.07) is 21.7. The molecule has 3 aromatic rings. The molecule has 4 rings (SSSR count). The van der Waals surface area contributed by atoms with Gasteiger partial charge in [0.2, 0.25) is 15.9 Å². The largest absolute Gasteiger partial charge is 0.484 e. The maximum atomic E-state index is 13.6. The fraction of sp³-hybridized carbons (Fsp3) is 0.310. The van der Waals surface area contributed by atoms with Crippen molar-refractivity contribution in [1.82, 2.24) is 14.5 Å². The van der Waals surface area contributed by atoms with Gasteiger partial charge in [0, 0.05) is 38.1 Å². The van der Waals surface area contributed by atoms with Gasteiger partial charge in [-0.1, -0.05) is 54.1 Å². The van der Waals surface area contributed by atoms with E-state index in [0.717, 1.165) is 11.1 Å². The van der Waals surface area contributed by atoms with Crippen LogP contribution in [0, 0.1) is 0 Å². The number of carbonyl (C=O) groups is 2. The van der Waals surface area contributed by atoms with Crippen molar-refractivity contribution in [2.24, 2.45) is 0 Å². The predicted octanol–water partition coefficient (Wildman–Crippen LogP) is 3.13. The van der Waals surface area contributed by atoms with Gasteiger partial charge in [0.1, 0.15) is 11.8 Å². The number of amides is 2. The molecule has 0 bridgehead atoms. The van der Waals surface area contributed by atoms with Gasteiger partial charge in [0.15, 0.2) is 6.61 Å². The number of rotatable bonds is 11. The molecule has 2 amide bonds. The zero-order valence-corrected chi connectivity index (χ0v) is 23.7. The van der Waals surface area contributed by atoms with Crippen LogP contribution in [-0.4, -0.2) is 75.4 Å². The van der Waals surface area contributed by atoms with E-state index in [1.807, 2.05) is 30.3 Å². The van der Waals surface area contributed by atoms with Crippen LogP contribution in [0.2, 0.25) is 5.02 Å². The molecule has 1 atom stereocenters. The second-order valence-corrected chi connectivity index (χ2v) is 11.6. The molecular formula is C29H32ClN3O6S. The highest BCUT2D eigenvalue weighted by atomic mass is 35.5. The monoisotopic (exact) mass is 585 g/mol. The Kier molecular flexibility index (Phi) is 10.2. The molecule has 0 aliphatic carbocycles. The van der Waals surface area contributed by atoms with E-state index in [-0.39, 0.29) is 24.0 Å². The van der Waals surface area contributed by atoms with Crippen molar-refractivity contribution >= 4 is 33.4 Å². The van der Waals surface area contributed by atoms with Crippen LogP contribution in [-0.2, 0) is 37.3 Å². The lowest BCUT2D eigenvalue weighted by molar-refractivity contribution is -0.142. The highest BCUT2D eigenvalue weighted by molar-refractivity contribution is 7.89. The SMILES string of the molecule is CNC(=O)[C@@H](Cc1ccccc1)N(Cc1ccc(Cl)cc1)C(=O)COc1ccc(S(=O)(=O)N2CCOCC2)cc1. The van der Waals surface area contributed by atoms with E-state index < -0.39 is 22.0 Å². The Morgan fingerprint density at radius 1 is 0.975 bits per heavy atom. The number of sulfonamides is 1.